The third kappa shape index (κ3) is 3.13. The van der Waals surface area contributed by atoms with Gasteiger partial charge in [0.2, 0.25) is 6.04 Å². The number of allylic oxidation sites excluding steroid dienone is 2. The average Bonchev–Trinajstić information content (AvgIpc) is 2.46. The van der Waals surface area contributed by atoms with Crippen molar-refractivity contribution in [2.75, 3.05) is 7.11 Å². The van der Waals surface area contributed by atoms with E-state index in [9.17, 15) is 14.9 Å². The van der Waals surface area contributed by atoms with Crippen LogP contribution in [0.15, 0.2) is 41.0 Å². The lowest BCUT2D eigenvalue weighted by atomic mass is 9.94. The zero-order chi connectivity index (χ0) is 15.6. The first-order valence-corrected chi connectivity index (χ1v) is 6.72. The molecule has 1 aromatic rings. The number of hydrogen-bond donors (Lipinski definition) is 0. The van der Waals surface area contributed by atoms with E-state index < -0.39 is 11.0 Å². The van der Waals surface area contributed by atoms with E-state index in [-0.39, 0.29) is 22.8 Å². The van der Waals surface area contributed by atoms with Gasteiger partial charge in [-0.15, -0.1) is 0 Å². The predicted molar refractivity (Wildman–Crippen MR) is 79.5 cm³/mol. The standard InChI is InChI=1S/C15H14ClNO4/c1-9-3-6-14(21-2)12(7-9)15(18)11-8-10(17(19)20)4-5-13(11)16/h3,5-8,10H,4H2,1-2H3. The van der Waals surface area contributed by atoms with E-state index in [2.05, 4.69) is 0 Å². The number of methoxy groups -OCH3 is 1. The smallest absolute Gasteiger partial charge is 0.235 e. The Balaban J connectivity index is 2.45. The minimum Gasteiger partial charge on any atom is -0.496 e. The zero-order valence-corrected chi connectivity index (χ0v) is 12.4. The topological polar surface area (TPSA) is 69.4 Å². The van der Waals surface area contributed by atoms with Crippen molar-refractivity contribution in [1.29, 1.82) is 0 Å². The Bertz CT molecular complexity index is 664. The van der Waals surface area contributed by atoms with Gasteiger partial charge >= 0.3 is 0 Å². The van der Waals surface area contributed by atoms with E-state index in [1.165, 1.54) is 19.3 Å². The highest BCUT2D eigenvalue weighted by atomic mass is 35.5. The van der Waals surface area contributed by atoms with Crippen LogP contribution in [-0.4, -0.2) is 23.9 Å². The minimum atomic E-state index is -0.928. The number of benzene rings is 1. The largest absolute Gasteiger partial charge is 0.496 e. The molecule has 1 unspecified atom stereocenters. The number of carbonyl (C=O) groups excluding carboxylic acids is 1. The Morgan fingerprint density at radius 3 is 2.81 bits per heavy atom. The average molecular weight is 308 g/mol. The molecule has 0 heterocycles. The molecular formula is C15H14ClNO4. The quantitative estimate of drug-likeness (QED) is 0.486. The van der Waals surface area contributed by atoms with E-state index in [0.29, 0.717) is 11.3 Å². The third-order valence-corrected chi connectivity index (χ3v) is 3.63. The maximum atomic E-state index is 12.6. The van der Waals surface area contributed by atoms with Gasteiger partial charge < -0.3 is 4.74 Å². The van der Waals surface area contributed by atoms with Crippen LogP contribution in [0.1, 0.15) is 22.3 Å². The Labute approximate surface area is 127 Å². The molecular weight excluding hydrogens is 294 g/mol. The van der Waals surface area contributed by atoms with Crippen LogP contribution in [0.25, 0.3) is 0 Å². The van der Waals surface area contributed by atoms with Crippen molar-refractivity contribution < 1.29 is 14.5 Å². The van der Waals surface area contributed by atoms with E-state index in [1.807, 2.05) is 13.0 Å². The summed E-state index contributed by atoms with van der Waals surface area (Å²) in [6.07, 6.45) is 3.00. The van der Waals surface area contributed by atoms with Crippen LogP contribution < -0.4 is 4.74 Å². The van der Waals surface area contributed by atoms with Gasteiger partial charge in [0.25, 0.3) is 0 Å². The highest BCUT2D eigenvalue weighted by Crippen LogP contribution is 2.30. The highest BCUT2D eigenvalue weighted by Gasteiger charge is 2.28. The molecule has 0 aromatic heterocycles. The number of carbonyl (C=O) groups is 1. The molecule has 0 spiro atoms. The number of halogens is 1. The molecule has 1 aromatic carbocycles. The van der Waals surface area contributed by atoms with E-state index in [0.717, 1.165) is 5.56 Å². The summed E-state index contributed by atoms with van der Waals surface area (Å²) in [5, 5.41) is 11.1. The van der Waals surface area contributed by atoms with Crippen molar-refractivity contribution in [3.05, 3.63) is 62.2 Å². The molecule has 21 heavy (non-hydrogen) atoms. The Kier molecular flexibility index (Phi) is 4.43. The van der Waals surface area contributed by atoms with Gasteiger partial charge in [-0.1, -0.05) is 29.3 Å². The van der Waals surface area contributed by atoms with Crippen LogP contribution in [0.2, 0.25) is 0 Å². The molecule has 2 rings (SSSR count). The Morgan fingerprint density at radius 1 is 1.48 bits per heavy atom. The number of rotatable bonds is 4. The van der Waals surface area contributed by atoms with Gasteiger partial charge in [-0.25, -0.2) is 0 Å². The fraction of sp³-hybridized carbons (Fsp3) is 0.267. The number of hydrogen-bond acceptors (Lipinski definition) is 4. The fourth-order valence-electron chi connectivity index (χ4n) is 2.15. The molecule has 0 aliphatic heterocycles. The zero-order valence-electron chi connectivity index (χ0n) is 11.6. The van der Waals surface area contributed by atoms with Gasteiger partial charge in [0.15, 0.2) is 5.78 Å². The van der Waals surface area contributed by atoms with Crippen LogP contribution in [0, 0.1) is 17.0 Å². The lowest BCUT2D eigenvalue weighted by molar-refractivity contribution is -0.508. The summed E-state index contributed by atoms with van der Waals surface area (Å²) in [6.45, 7) is 1.85. The summed E-state index contributed by atoms with van der Waals surface area (Å²) in [5.74, 6) is 0.0440. The number of nitrogens with zero attached hydrogens (tertiary/aromatic N) is 1. The molecule has 0 bridgehead atoms. The Morgan fingerprint density at radius 2 is 2.19 bits per heavy atom. The lowest BCUT2D eigenvalue weighted by Gasteiger charge is -2.15. The summed E-state index contributed by atoms with van der Waals surface area (Å²) < 4.78 is 5.18. The minimum absolute atomic E-state index is 0.147. The second kappa shape index (κ2) is 6.10. The number of nitro groups is 1. The van der Waals surface area contributed by atoms with Crippen LogP contribution in [0.3, 0.4) is 0 Å². The molecule has 6 heteroatoms. The molecule has 5 nitrogen and oxygen atoms in total. The molecule has 0 N–H and O–H groups in total. The summed E-state index contributed by atoms with van der Waals surface area (Å²) >= 11 is 6.04. The van der Waals surface area contributed by atoms with Gasteiger partial charge in [0.05, 0.1) is 12.7 Å². The molecule has 0 amide bonds. The SMILES string of the molecule is COc1ccc(C)cc1C(=O)C1=CC([N+](=O)[O-])CC=C1Cl. The van der Waals surface area contributed by atoms with Crippen molar-refractivity contribution in [3.63, 3.8) is 0 Å². The number of ether oxygens (including phenoxy) is 1. The maximum absolute atomic E-state index is 12.6. The molecule has 0 fully saturated rings. The molecule has 0 radical (unpaired) electrons. The van der Waals surface area contributed by atoms with Gasteiger partial charge in [0.1, 0.15) is 5.75 Å². The van der Waals surface area contributed by atoms with Crippen LogP contribution in [0.4, 0.5) is 0 Å². The van der Waals surface area contributed by atoms with Gasteiger partial charge in [-0.2, -0.15) is 0 Å². The number of Topliss-reactive ketones (excluding diaryl/α,β-unsaturated/α-hetero) is 1. The van der Waals surface area contributed by atoms with Crippen molar-refractivity contribution in [1.82, 2.24) is 0 Å². The van der Waals surface area contributed by atoms with Crippen LogP contribution in [0.5, 0.6) is 5.75 Å². The highest BCUT2D eigenvalue weighted by molar-refractivity contribution is 6.37. The summed E-state index contributed by atoms with van der Waals surface area (Å²) in [6, 6.07) is 4.26. The van der Waals surface area contributed by atoms with Crippen LogP contribution >= 0.6 is 11.6 Å². The summed E-state index contributed by atoms with van der Waals surface area (Å²) in [4.78, 5) is 23.1. The molecule has 1 aliphatic rings. The molecule has 1 atom stereocenters. The fourth-order valence-corrected chi connectivity index (χ4v) is 2.39. The number of aryl methyl sites for hydroxylation is 1. The first-order valence-electron chi connectivity index (χ1n) is 6.34. The van der Waals surface area contributed by atoms with Crippen molar-refractivity contribution in [2.45, 2.75) is 19.4 Å². The van der Waals surface area contributed by atoms with Gasteiger partial charge in [0, 0.05) is 28.0 Å². The van der Waals surface area contributed by atoms with Crippen molar-refractivity contribution in [2.24, 2.45) is 0 Å². The second-order valence-electron chi connectivity index (χ2n) is 4.75. The first-order chi connectivity index (χ1) is 9.93. The van der Waals surface area contributed by atoms with Gasteiger partial charge in [-0.3, -0.25) is 14.9 Å². The first kappa shape index (κ1) is 15.3. The normalized spacial score (nSPS) is 17.8. The second-order valence-corrected chi connectivity index (χ2v) is 5.16. The monoisotopic (exact) mass is 307 g/mol. The van der Waals surface area contributed by atoms with Crippen LogP contribution in [-0.2, 0) is 0 Å². The van der Waals surface area contributed by atoms with E-state index >= 15 is 0 Å². The maximum Gasteiger partial charge on any atom is 0.235 e. The van der Waals surface area contributed by atoms with E-state index in [1.54, 1.807) is 12.1 Å². The lowest BCUT2D eigenvalue weighted by Crippen LogP contribution is -2.21. The Hall–Kier alpha value is -2.14. The summed E-state index contributed by atoms with van der Waals surface area (Å²) in [5.41, 5.74) is 1.38. The van der Waals surface area contributed by atoms with E-state index in [4.69, 9.17) is 16.3 Å². The van der Waals surface area contributed by atoms with Crippen molar-refractivity contribution in [3.8, 4) is 5.75 Å². The molecule has 0 saturated carbocycles. The van der Waals surface area contributed by atoms with Gasteiger partial charge in [-0.05, 0) is 19.1 Å². The molecule has 0 saturated heterocycles. The molecule has 1 aliphatic carbocycles. The third-order valence-electron chi connectivity index (χ3n) is 3.27. The number of ketones is 1. The molecule has 110 valence electrons. The summed E-state index contributed by atoms with van der Waals surface area (Å²) in [7, 11) is 1.47. The predicted octanol–water partition coefficient (Wildman–Crippen LogP) is 3.28. The van der Waals surface area contributed by atoms with Crippen molar-refractivity contribution >= 4 is 17.4 Å².